The topological polar surface area (TPSA) is 86.8 Å². The predicted octanol–water partition coefficient (Wildman–Crippen LogP) is 1.92. The highest BCUT2D eigenvalue weighted by molar-refractivity contribution is 7.16. The van der Waals surface area contributed by atoms with E-state index in [2.05, 4.69) is 0 Å². The summed E-state index contributed by atoms with van der Waals surface area (Å²) in [5.74, 6) is 0.390. The molecule has 0 radical (unpaired) electrons. The van der Waals surface area contributed by atoms with E-state index in [1.807, 2.05) is 4.90 Å². The first-order valence-electron chi connectivity index (χ1n) is 6.35. The molecular formula is C12H18N2O4S. The number of nitro groups is 1. The Morgan fingerprint density at radius 2 is 2.42 bits per heavy atom. The maximum absolute atomic E-state index is 11.1. The Morgan fingerprint density at radius 3 is 3.00 bits per heavy atom. The molecule has 0 spiro atoms. The summed E-state index contributed by atoms with van der Waals surface area (Å²) in [6, 6.07) is 1.46. The molecule has 0 aromatic carbocycles. The lowest BCUT2D eigenvalue weighted by atomic mass is 10.1. The smallest absolute Gasteiger partial charge is 0.304 e. The van der Waals surface area contributed by atoms with Crippen LogP contribution in [0.1, 0.15) is 30.7 Å². The Labute approximate surface area is 115 Å². The summed E-state index contributed by atoms with van der Waals surface area (Å²) in [6.45, 7) is 3.27. The minimum Gasteiger partial charge on any atom is -0.396 e. The highest BCUT2D eigenvalue weighted by Gasteiger charge is 2.30. The standard InChI is InChI=1S/C12H18N2O4S/c1-8(16)11-6-10(14(17)18)12(19-11)13-4-2-9(7-13)3-5-15/h6,8-9,15-16H,2-5,7H2,1H3/t8-,9?/m1/s1. The number of anilines is 1. The van der Waals surface area contributed by atoms with E-state index in [9.17, 15) is 15.2 Å². The number of aliphatic hydroxyl groups is 2. The van der Waals surface area contributed by atoms with Gasteiger partial charge in [-0.1, -0.05) is 0 Å². The molecular weight excluding hydrogens is 268 g/mol. The minimum atomic E-state index is -0.687. The quantitative estimate of drug-likeness (QED) is 0.638. The SMILES string of the molecule is C[C@@H](O)c1cc([N+](=O)[O-])c(N2CCC(CCO)C2)s1. The summed E-state index contributed by atoms with van der Waals surface area (Å²) in [5, 5.41) is 30.2. The highest BCUT2D eigenvalue weighted by atomic mass is 32.1. The Balaban J connectivity index is 2.21. The fourth-order valence-electron chi connectivity index (χ4n) is 2.39. The summed E-state index contributed by atoms with van der Waals surface area (Å²) >= 11 is 1.29. The van der Waals surface area contributed by atoms with Crippen molar-refractivity contribution in [2.24, 2.45) is 5.92 Å². The van der Waals surface area contributed by atoms with Crippen LogP contribution in [0.4, 0.5) is 10.7 Å². The van der Waals surface area contributed by atoms with E-state index < -0.39 is 11.0 Å². The zero-order chi connectivity index (χ0) is 14.0. The number of thiophene rings is 1. The maximum Gasteiger partial charge on any atom is 0.304 e. The van der Waals surface area contributed by atoms with Crippen LogP contribution in [0.2, 0.25) is 0 Å². The fourth-order valence-corrected chi connectivity index (χ4v) is 3.49. The molecule has 19 heavy (non-hydrogen) atoms. The molecule has 2 N–H and O–H groups in total. The Bertz CT molecular complexity index is 461. The van der Waals surface area contributed by atoms with E-state index in [1.165, 1.54) is 17.4 Å². The van der Waals surface area contributed by atoms with Gasteiger partial charge >= 0.3 is 5.69 Å². The molecule has 2 atom stereocenters. The van der Waals surface area contributed by atoms with Gasteiger partial charge in [-0.3, -0.25) is 10.1 Å². The van der Waals surface area contributed by atoms with Crippen molar-refractivity contribution < 1.29 is 15.1 Å². The van der Waals surface area contributed by atoms with Gasteiger partial charge in [0.2, 0.25) is 0 Å². The lowest BCUT2D eigenvalue weighted by molar-refractivity contribution is -0.383. The first kappa shape index (κ1) is 14.2. The summed E-state index contributed by atoms with van der Waals surface area (Å²) in [4.78, 5) is 13.3. The van der Waals surface area contributed by atoms with Gasteiger partial charge < -0.3 is 15.1 Å². The zero-order valence-corrected chi connectivity index (χ0v) is 11.6. The second-order valence-corrected chi connectivity index (χ2v) is 5.95. The zero-order valence-electron chi connectivity index (χ0n) is 10.8. The number of hydrogen-bond donors (Lipinski definition) is 2. The first-order valence-corrected chi connectivity index (χ1v) is 7.16. The van der Waals surface area contributed by atoms with Crippen LogP contribution in [0.15, 0.2) is 6.07 Å². The Kier molecular flexibility index (Phi) is 4.38. The lowest BCUT2D eigenvalue weighted by Crippen LogP contribution is -2.19. The minimum absolute atomic E-state index is 0.0746. The third-order valence-electron chi connectivity index (χ3n) is 3.43. The molecule has 2 rings (SSSR count). The largest absolute Gasteiger partial charge is 0.396 e. The number of hydrogen-bond acceptors (Lipinski definition) is 6. The van der Waals surface area contributed by atoms with Gasteiger partial charge in [-0.15, -0.1) is 11.3 Å². The third-order valence-corrected chi connectivity index (χ3v) is 4.79. The molecule has 1 aliphatic rings. The summed E-state index contributed by atoms with van der Waals surface area (Å²) in [5.41, 5.74) is 0.0746. The second kappa shape index (κ2) is 5.85. The average molecular weight is 286 g/mol. The van der Waals surface area contributed by atoms with Crippen molar-refractivity contribution in [3.05, 3.63) is 21.1 Å². The van der Waals surface area contributed by atoms with Gasteiger partial charge in [0, 0.05) is 30.6 Å². The van der Waals surface area contributed by atoms with Crippen molar-refractivity contribution in [2.45, 2.75) is 25.9 Å². The monoisotopic (exact) mass is 286 g/mol. The van der Waals surface area contributed by atoms with Gasteiger partial charge in [-0.05, 0) is 25.7 Å². The van der Waals surface area contributed by atoms with Crippen LogP contribution in [0.3, 0.4) is 0 Å². The van der Waals surface area contributed by atoms with E-state index in [4.69, 9.17) is 5.11 Å². The molecule has 1 fully saturated rings. The Hall–Kier alpha value is -1.18. The summed E-state index contributed by atoms with van der Waals surface area (Å²) in [6.07, 6.45) is 0.992. The predicted molar refractivity (Wildman–Crippen MR) is 73.6 cm³/mol. The highest BCUT2D eigenvalue weighted by Crippen LogP contribution is 2.42. The van der Waals surface area contributed by atoms with Crippen molar-refractivity contribution in [1.29, 1.82) is 0 Å². The van der Waals surface area contributed by atoms with Crippen LogP contribution in [0, 0.1) is 16.0 Å². The van der Waals surface area contributed by atoms with Gasteiger partial charge in [0.25, 0.3) is 0 Å². The van der Waals surface area contributed by atoms with E-state index in [0.29, 0.717) is 15.8 Å². The molecule has 6 nitrogen and oxygen atoms in total. The lowest BCUT2D eigenvalue weighted by Gasteiger charge is -2.15. The summed E-state index contributed by atoms with van der Waals surface area (Å²) in [7, 11) is 0. The van der Waals surface area contributed by atoms with Crippen molar-refractivity contribution in [3.8, 4) is 0 Å². The Morgan fingerprint density at radius 1 is 1.68 bits per heavy atom. The van der Waals surface area contributed by atoms with E-state index in [-0.39, 0.29) is 12.3 Å². The molecule has 0 bridgehead atoms. The maximum atomic E-state index is 11.1. The van der Waals surface area contributed by atoms with Gasteiger partial charge in [0.15, 0.2) is 5.00 Å². The van der Waals surface area contributed by atoms with E-state index in [0.717, 1.165) is 25.9 Å². The fraction of sp³-hybridized carbons (Fsp3) is 0.667. The molecule has 0 aliphatic carbocycles. The van der Waals surface area contributed by atoms with E-state index in [1.54, 1.807) is 6.92 Å². The van der Waals surface area contributed by atoms with Crippen molar-refractivity contribution in [2.75, 3.05) is 24.6 Å². The second-order valence-electron chi connectivity index (χ2n) is 4.89. The van der Waals surface area contributed by atoms with Crippen LogP contribution in [0.5, 0.6) is 0 Å². The molecule has 1 aromatic heterocycles. The van der Waals surface area contributed by atoms with Gasteiger partial charge in [-0.2, -0.15) is 0 Å². The molecule has 1 unspecified atom stereocenters. The number of nitrogens with zero attached hydrogens (tertiary/aromatic N) is 2. The third kappa shape index (κ3) is 3.05. The normalized spacial score (nSPS) is 20.8. The van der Waals surface area contributed by atoms with Crippen LogP contribution < -0.4 is 4.90 Å². The van der Waals surface area contributed by atoms with Crippen molar-refractivity contribution >= 4 is 22.0 Å². The van der Waals surface area contributed by atoms with Crippen LogP contribution in [0.25, 0.3) is 0 Å². The summed E-state index contributed by atoms with van der Waals surface area (Å²) < 4.78 is 0. The van der Waals surface area contributed by atoms with Gasteiger partial charge in [0.05, 0.1) is 11.0 Å². The van der Waals surface area contributed by atoms with Crippen LogP contribution in [-0.2, 0) is 0 Å². The molecule has 0 amide bonds. The average Bonchev–Trinajstić information content (AvgIpc) is 2.94. The number of aliphatic hydroxyl groups excluding tert-OH is 2. The first-order chi connectivity index (χ1) is 9.02. The molecule has 1 saturated heterocycles. The molecule has 0 saturated carbocycles. The van der Waals surface area contributed by atoms with Crippen molar-refractivity contribution in [3.63, 3.8) is 0 Å². The van der Waals surface area contributed by atoms with Gasteiger partial charge in [-0.25, -0.2) is 0 Å². The molecule has 1 aromatic rings. The number of rotatable bonds is 5. The molecule has 7 heteroatoms. The molecule has 106 valence electrons. The van der Waals surface area contributed by atoms with Crippen molar-refractivity contribution in [1.82, 2.24) is 0 Å². The van der Waals surface area contributed by atoms with Crippen LogP contribution in [-0.4, -0.2) is 34.8 Å². The molecule has 1 aliphatic heterocycles. The van der Waals surface area contributed by atoms with Gasteiger partial charge in [0.1, 0.15) is 0 Å². The molecule has 2 heterocycles. The van der Waals surface area contributed by atoms with Crippen LogP contribution >= 0.6 is 11.3 Å². The van der Waals surface area contributed by atoms with E-state index >= 15 is 0 Å².